The number of sulfonamides is 1. The lowest BCUT2D eigenvalue weighted by Crippen LogP contribution is -2.28. The molecule has 0 radical (unpaired) electrons. The highest BCUT2D eigenvalue weighted by atomic mass is 32.2. The monoisotopic (exact) mass is 433 g/mol. The Kier molecular flexibility index (Phi) is 6.73. The topological polar surface area (TPSA) is 99.2 Å². The molecule has 30 heavy (non-hydrogen) atoms. The molecule has 0 N–H and O–H groups in total. The molecule has 1 aliphatic heterocycles. The Morgan fingerprint density at radius 1 is 0.967 bits per heavy atom. The zero-order valence-corrected chi connectivity index (χ0v) is 17.6. The molecule has 1 saturated heterocycles. The van der Waals surface area contributed by atoms with Crippen molar-refractivity contribution in [1.29, 1.82) is 0 Å². The first-order valence-electron chi connectivity index (χ1n) is 9.39. The number of hydrogen-bond acceptors (Lipinski definition) is 7. The van der Waals surface area contributed by atoms with Crippen LogP contribution in [0.5, 0.6) is 5.75 Å². The molecule has 160 valence electrons. The quantitative estimate of drug-likeness (QED) is 0.619. The molecule has 0 spiro atoms. The van der Waals surface area contributed by atoms with Gasteiger partial charge in [0.25, 0.3) is 0 Å². The van der Waals surface area contributed by atoms with E-state index >= 15 is 0 Å². The minimum atomic E-state index is -3.77. The molecule has 0 atom stereocenters. The molecule has 8 nitrogen and oxygen atoms in total. The van der Waals surface area contributed by atoms with Gasteiger partial charge in [0.1, 0.15) is 17.3 Å². The summed E-state index contributed by atoms with van der Waals surface area (Å²) in [6.07, 6.45) is 1.60. The minimum absolute atomic E-state index is 0.0611. The van der Waals surface area contributed by atoms with Crippen LogP contribution in [-0.2, 0) is 26.1 Å². The lowest BCUT2D eigenvalue weighted by molar-refractivity contribution is 0.0472. The summed E-state index contributed by atoms with van der Waals surface area (Å²) in [7, 11) is -1.11. The smallest absolute Gasteiger partial charge is 0.338 e. The molecule has 9 heteroatoms. The molecular weight excluding hydrogens is 410 g/mol. The Balaban J connectivity index is 1.79. The van der Waals surface area contributed by atoms with E-state index in [1.807, 2.05) is 0 Å². The summed E-state index contributed by atoms with van der Waals surface area (Å²) in [5, 5.41) is 0. The number of carbonyl (C=O) groups excluding carboxylic acids is 2. The zero-order chi connectivity index (χ0) is 21.7. The Labute approximate surface area is 175 Å². The molecule has 1 fully saturated rings. The highest BCUT2D eigenvalue weighted by Gasteiger charge is 2.30. The van der Waals surface area contributed by atoms with Gasteiger partial charge >= 0.3 is 11.9 Å². The van der Waals surface area contributed by atoms with Crippen molar-refractivity contribution in [3.63, 3.8) is 0 Å². The number of ether oxygens (including phenoxy) is 3. The van der Waals surface area contributed by atoms with Gasteiger partial charge in [-0.3, -0.25) is 0 Å². The molecule has 1 aliphatic rings. The van der Waals surface area contributed by atoms with Crippen LogP contribution in [-0.4, -0.2) is 52.0 Å². The van der Waals surface area contributed by atoms with Crippen molar-refractivity contribution in [3.8, 4) is 5.75 Å². The summed E-state index contributed by atoms with van der Waals surface area (Å²) in [4.78, 5) is 24.1. The van der Waals surface area contributed by atoms with Crippen LogP contribution in [0, 0.1) is 0 Å². The van der Waals surface area contributed by atoms with E-state index in [2.05, 4.69) is 4.74 Å². The lowest BCUT2D eigenvalue weighted by atomic mass is 10.1. The van der Waals surface area contributed by atoms with E-state index in [1.165, 1.54) is 36.7 Å². The van der Waals surface area contributed by atoms with Gasteiger partial charge in [-0.2, -0.15) is 4.31 Å². The SMILES string of the molecule is COC(=O)c1cccc(COC(=O)c2ccc(OC)c(S(=O)(=O)N3CCCC3)c2)c1. The molecule has 0 saturated carbocycles. The molecule has 2 aromatic rings. The van der Waals surface area contributed by atoms with Crippen molar-refractivity contribution in [3.05, 3.63) is 59.2 Å². The van der Waals surface area contributed by atoms with Gasteiger partial charge in [-0.25, -0.2) is 18.0 Å². The first-order chi connectivity index (χ1) is 14.4. The number of rotatable bonds is 7. The van der Waals surface area contributed by atoms with E-state index in [-0.39, 0.29) is 22.8 Å². The largest absolute Gasteiger partial charge is 0.495 e. The van der Waals surface area contributed by atoms with Gasteiger partial charge < -0.3 is 14.2 Å². The van der Waals surface area contributed by atoms with E-state index in [1.54, 1.807) is 24.3 Å². The average molecular weight is 433 g/mol. The number of methoxy groups -OCH3 is 2. The summed E-state index contributed by atoms with van der Waals surface area (Å²) < 4.78 is 42.5. The summed E-state index contributed by atoms with van der Waals surface area (Å²) in [5.74, 6) is -1.00. The van der Waals surface area contributed by atoms with Gasteiger partial charge in [0.15, 0.2) is 0 Å². The third kappa shape index (κ3) is 4.63. The van der Waals surface area contributed by atoms with Crippen LogP contribution >= 0.6 is 0 Å². The van der Waals surface area contributed by atoms with Gasteiger partial charge in [0.2, 0.25) is 10.0 Å². The molecule has 0 aliphatic carbocycles. The standard InChI is InChI=1S/C21H23NO7S/c1-27-18-9-8-17(13-19(18)30(25,26)22-10-3-4-11-22)21(24)29-14-15-6-5-7-16(12-15)20(23)28-2/h5-9,12-13H,3-4,10-11,14H2,1-2H3. The van der Waals surface area contributed by atoms with Crippen molar-refractivity contribution in [1.82, 2.24) is 4.31 Å². The molecule has 0 unspecified atom stereocenters. The van der Waals surface area contributed by atoms with Crippen molar-refractivity contribution >= 4 is 22.0 Å². The predicted octanol–water partition coefficient (Wildman–Crippen LogP) is 2.62. The van der Waals surface area contributed by atoms with Crippen molar-refractivity contribution in [2.24, 2.45) is 0 Å². The molecule has 0 aromatic heterocycles. The third-order valence-electron chi connectivity index (χ3n) is 4.80. The predicted molar refractivity (Wildman–Crippen MR) is 108 cm³/mol. The Morgan fingerprint density at radius 2 is 1.67 bits per heavy atom. The van der Waals surface area contributed by atoms with E-state index in [0.29, 0.717) is 24.2 Å². The molecule has 3 rings (SSSR count). The van der Waals surface area contributed by atoms with Crippen LogP contribution in [0.15, 0.2) is 47.4 Å². The molecule has 2 aromatic carbocycles. The molecule has 0 amide bonds. The number of esters is 2. The lowest BCUT2D eigenvalue weighted by Gasteiger charge is -2.18. The normalized spacial score (nSPS) is 14.3. The van der Waals surface area contributed by atoms with Gasteiger partial charge in [-0.05, 0) is 48.7 Å². The van der Waals surface area contributed by atoms with Gasteiger partial charge in [0.05, 0.1) is 25.3 Å². The highest BCUT2D eigenvalue weighted by molar-refractivity contribution is 7.89. The first kappa shape index (κ1) is 21.8. The van der Waals surface area contributed by atoms with Gasteiger partial charge in [0, 0.05) is 13.1 Å². The molecule has 1 heterocycles. The van der Waals surface area contributed by atoms with E-state index in [4.69, 9.17) is 9.47 Å². The van der Waals surface area contributed by atoms with Crippen LogP contribution in [0.3, 0.4) is 0 Å². The maximum atomic E-state index is 12.9. The second-order valence-corrected chi connectivity index (χ2v) is 8.65. The maximum Gasteiger partial charge on any atom is 0.338 e. The summed E-state index contributed by atoms with van der Waals surface area (Å²) in [6.45, 7) is 0.803. The number of nitrogens with zero attached hydrogens (tertiary/aromatic N) is 1. The summed E-state index contributed by atoms with van der Waals surface area (Å²) in [5.41, 5.74) is 1.04. The van der Waals surface area contributed by atoms with E-state index < -0.39 is 22.0 Å². The van der Waals surface area contributed by atoms with E-state index in [0.717, 1.165) is 12.8 Å². The molecule has 0 bridgehead atoms. The minimum Gasteiger partial charge on any atom is -0.495 e. The van der Waals surface area contributed by atoms with Crippen molar-refractivity contribution < 1.29 is 32.2 Å². The number of carbonyl (C=O) groups is 2. The fourth-order valence-electron chi connectivity index (χ4n) is 3.21. The first-order valence-corrected chi connectivity index (χ1v) is 10.8. The van der Waals surface area contributed by atoms with Crippen LogP contribution in [0.1, 0.15) is 39.1 Å². The zero-order valence-electron chi connectivity index (χ0n) is 16.8. The summed E-state index contributed by atoms with van der Waals surface area (Å²) >= 11 is 0. The summed E-state index contributed by atoms with van der Waals surface area (Å²) in [6, 6.07) is 10.7. The number of hydrogen-bond donors (Lipinski definition) is 0. The van der Waals surface area contributed by atoms with Crippen LogP contribution in [0.25, 0.3) is 0 Å². The average Bonchev–Trinajstić information content (AvgIpc) is 3.32. The van der Waals surface area contributed by atoms with Crippen LogP contribution in [0.2, 0.25) is 0 Å². The van der Waals surface area contributed by atoms with E-state index in [9.17, 15) is 18.0 Å². The fourth-order valence-corrected chi connectivity index (χ4v) is 4.91. The second kappa shape index (κ2) is 9.27. The van der Waals surface area contributed by atoms with Crippen molar-refractivity contribution in [2.45, 2.75) is 24.3 Å². The fraction of sp³-hybridized carbons (Fsp3) is 0.333. The third-order valence-corrected chi connectivity index (χ3v) is 6.72. The van der Waals surface area contributed by atoms with Gasteiger partial charge in [-0.15, -0.1) is 0 Å². The van der Waals surface area contributed by atoms with Gasteiger partial charge in [-0.1, -0.05) is 12.1 Å². The Bertz CT molecular complexity index is 1040. The van der Waals surface area contributed by atoms with Crippen LogP contribution < -0.4 is 4.74 Å². The van der Waals surface area contributed by atoms with Crippen LogP contribution in [0.4, 0.5) is 0 Å². The maximum absolute atomic E-state index is 12.9. The number of benzene rings is 2. The highest BCUT2D eigenvalue weighted by Crippen LogP contribution is 2.30. The Morgan fingerprint density at radius 3 is 2.33 bits per heavy atom. The van der Waals surface area contributed by atoms with Crippen molar-refractivity contribution in [2.75, 3.05) is 27.3 Å². The Hall–Kier alpha value is -2.91. The second-order valence-electron chi connectivity index (χ2n) is 6.74. The molecular formula is C21H23NO7S.